The zero-order valence-corrected chi connectivity index (χ0v) is 13.6. The molecule has 0 saturated carbocycles. The molecule has 1 aliphatic heterocycles. The summed E-state index contributed by atoms with van der Waals surface area (Å²) < 4.78 is 0. The topological polar surface area (TPSA) is 43.8 Å². The third-order valence-electron chi connectivity index (χ3n) is 3.34. The number of carbonyl (C=O) groups is 1. The van der Waals surface area contributed by atoms with Crippen LogP contribution in [0, 0.1) is 0 Å². The number of amides is 1. The lowest BCUT2D eigenvalue weighted by Gasteiger charge is -2.26. The van der Waals surface area contributed by atoms with Gasteiger partial charge in [-0.25, -0.2) is 0 Å². The van der Waals surface area contributed by atoms with Crippen molar-refractivity contribution in [2.24, 2.45) is 0 Å². The molecule has 1 N–H and O–H groups in total. The minimum absolute atomic E-state index is 0.148. The van der Waals surface area contributed by atoms with Crippen LogP contribution in [-0.2, 0) is 10.5 Å². The van der Waals surface area contributed by atoms with Gasteiger partial charge in [-0.1, -0.05) is 6.07 Å². The van der Waals surface area contributed by atoms with Crippen molar-refractivity contribution in [3.8, 4) is 0 Å². The SMILES string of the molecule is CN(C)CC1CC(O)CN1C(=O)CSCc1cccs1. The number of carbonyl (C=O) groups excluding carboxylic acids is 1. The van der Waals surface area contributed by atoms with Crippen LogP contribution in [0.2, 0.25) is 0 Å². The monoisotopic (exact) mass is 314 g/mol. The van der Waals surface area contributed by atoms with Gasteiger partial charge in [0, 0.05) is 29.8 Å². The summed E-state index contributed by atoms with van der Waals surface area (Å²) in [6.07, 6.45) is 0.325. The Labute approximate surface area is 128 Å². The average Bonchev–Trinajstić information content (AvgIpc) is 2.98. The summed E-state index contributed by atoms with van der Waals surface area (Å²) in [6, 6.07) is 4.28. The highest BCUT2D eigenvalue weighted by molar-refractivity contribution is 7.99. The summed E-state index contributed by atoms with van der Waals surface area (Å²) in [6.45, 7) is 1.30. The Balaban J connectivity index is 1.80. The summed E-state index contributed by atoms with van der Waals surface area (Å²) >= 11 is 3.38. The van der Waals surface area contributed by atoms with Gasteiger partial charge in [-0.2, -0.15) is 0 Å². The first kappa shape index (κ1) is 15.8. The average molecular weight is 314 g/mol. The lowest BCUT2D eigenvalue weighted by atomic mass is 10.2. The molecule has 112 valence electrons. The Kier molecular flexibility index (Phi) is 5.89. The smallest absolute Gasteiger partial charge is 0.232 e. The number of rotatable bonds is 6. The molecule has 1 saturated heterocycles. The fourth-order valence-corrected chi connectivity index (χ4v) is 4.26. The molecule has 2 unspecified atom stereocenters. The fourth-order valence-electron chi connectivity index (χ4n) is 2.51. The number of β-amino-alcohol motifs (C(OH)–C–C–N with tert-alkyl or cyclic N) is 1. The number of hydrogen-bond donors (Lipinski definition) is 1. The van der Waals surface area contributed by atoms with Crippen LogP contribution in [0.25, 0.3) is 0 Å². The molecule has 1 aliphatic rings. The Morgan fingerprint density at radius 3 is 3.05 bits per heavy atom. The van der Waals surface area contributed by atoms with E-state index in [2.05, 4.69) is 16.3 Å². The maximum absolute atomic E-state index is 12.3. The minimum atomic E-state index is -0.369. The van der Waals surface area contributed by atoms with E-state index in [1.54, 1.807) is 23.1 Å². The summed E-state index contributed by atoms with van der Waals surface area (Å²) in [5.74, 6) is 1.53. The number of nitrogens with zero attached hydrogens (tertiary/aromatic N) is 2. The van der Waals surface area contributed by atoms with Gasteiger partial charge in [0.1, 0.15) is 0 Å². The van der Waals surface area contributed by atoms with Crippen LogP contribution < -0.4 is 0 Å². The lowest BCUT2D eigenvalue weighted by molar-refractivity contribution is -0.129. The number of aliphatic hydroxyl groups is 1. The molecule has 20 heavy (non-hydrogen) atoms. The van der Waals surface area contributed by atoms with Gasteiger partial charge in [0.15, 0.2) is 0 Å². The van der Waals surface area contributed by atoms with E-state index < -0.39 is 0 Å². The number of hydrogen-bond acceptors (Lipinski definition) is 5. The minimum Gasteiger partial charge on any atom is -0.391 e. The zero-order chi connectivity index (χ0) is 14.5. The quantitative estimate of drug-likeness (QED) is 0.864. The predicted octanol–water partition coefficient (Wildman–Crippen LogP) is 1.50. The first-order valence-electron chi connectivity index (χ1n) is 6.78. The second-order valence-corrected chi connectivity index (χ2v) is 7.44. The zero-order valence-electron chi connectivity index (χ0n) is 12.0. The third kappa shape index (κ3) is 4.48. The van der Waals surface area contributed by atoms with Crippen LogP contribution in [0.5, 0.6) is 0 Å². The van der Waals surface area contributed by atoms with Crippen LogP contribution in [0.15, 0.2) is 17.5 Å². The molecule has 2 heterocycles. The fraction of sp³-hybridized carbons (Fsp3) is 0.643. The molecule has 1 aromatic heterocycles. The van der Waals surface area contributed by atoms with Crippen LogP contribution in [-0.4, -0.2) is 65.9 Å². The van der Waals surface area contributed by atoms with Gasteiger partial charge in [-0.3, -0.25) is 4.79 Å². The molecule has 0 aromatic carbocycles. The van der Waals surface area contributed by atoms with E-state index in [4.69, 9.17) is 0 Å². The second kappa shape index (κ2) is 7.45. The molecular weight excluding hydrogens is 292 g/mol. The Morgan fingerprint density at radius 1 is 1.60 bits per heavy atom. The maximum atomic E-state index is 12.3. The largest absolute Gasteiger partial charge is 0.391 e. The number of thioether (sulfide) groups is 1. The van der Waals surface area contributed by atoms with E-state index in [1.807, 2.05) is 25.1 Å². The lowest BCUT2D eigenvalue weighted by Crippen LogP contribution is -2.42. The van der Waals surface area contributed by atoms with E-state index in [-0.39, 0.29) is 18.1 Å². The normalized spacial score (nSPS) is 22.7. The van der Waals surface area contributed by atoms with Gasteiger partial charge in [-0.15, -0.1) is 23.1 Å². The molecular formula is C14H22N2O2S2. The Hall–Kier alpha value is -0.560. The van der Waals surface area contributed by atoms with Crippen molar-refractivity contribution >= 4 is 29.0 Å². The molecule has 2 atom stereocenters. The summed E-state index contributed by atoms with van der Waals surface area (Å²) in [7, 11) is 4.00. The van der Waals surface area contributed by atoms with Crippen molar-refractivity contribution in [3.63, 3.8) is 0 Å². The number of likely N-dealkylation sites (tertiary alicyclic amines) is 1. The molecule has 0 aliphatic carbocycles. The maximum Gasteiger partial charge on any atom is 0.232 e. The molecule has 0 radical (unpaired) electrons. The van der Waals surface area contributed by atoms with Gasteiger partial charge in [-0.05, 0) is 32.0 Å². The van der Waals surface area contributed by atoms with Crippen molar-refractivity contribution in [2.75, 3.05) is 32.9 Å². The first-order chi connectivity index (χ1) is 9.56. The van der Waals surface area contributed by atoms with Crippen molar-refractivity contribution in [3.05, 3.63) is 22.4 Å². The highest BCUT2D eigenvalue weighted by atomic mass is 32.2. The molecule has 2 rings (SSSR count). The molecule has 6 heteroatoms. The van der Waals surface area contributed by atoms with Crippen LogP contribution in [0.1, 0.15) is 11.3 Å². The van der Waals surface area contributed by atoms with Crippen molar-refractivity contribution < 1.29 is 9.90 Å². The summed E-state index contributed by atoms with van der Waals surface area (Å²) in [5, 5.41) is 11.8. The van der Waals surface area contributed by atoms with E-state index in [0.717, 1.165) is 12.3 Å². The van der Waals surface area contributed by atoms with E-state index >= 15 is 0 Å². The van der Waals surface area contributed by atoms with Gasteiger partial charge >= 0.3 is 0 Å². The molecule has 0 bridgehead atoms. The highest BCUT2D eigenvalue weighted by Crippen LogP contribution is 2.22. The molecule has 0 spiro atoms. The van der Waals surface area contributed by atoms with E-state index in [1.165, 1.54) is 4.88 Å². The van der Waals surface area contributed by atoms with Crippen LogP contribution in [0.4, 0.5) is 0 Å². The number of aliphatic hydroxyl groups excluding tert-OH is 1. The van der Waals surface area contributed by atoms with Crippen molar-refractivity contribution in [2.45, 2.75) is 24.3 Å². The number of likely N-dealkylation sites (N-methyl/N-ethyl adjacent to an activating group) is 1. The molecule has 1 fully saturated rings. The molecule has 1 aromatic rings. The van der Waals surface area contributed by atoms with E-state index in [9.17, 15) is 9.90 Å². The van der Waals surface area contributed by atoms with Gasteiger partial charge in [0.2, 0.25) is 5.91 Å². The van der Waals surface area contributed by atoms with Crippen LogP contribution in [0.3, 0.4) is 0 Å². The standard InChI is InChI=1S/C14H22N2O2S2/c1-15(2)7-11-6-12(17)8-16(11)14(18)10-19-9-13-4-3-5-20-13/h3-5,11-12,17H,6-10H2,1-2H3. The van der Waals surface area contributed by atoms with Gasteiger partial charge in [0.25, 0.3) is 0 Å². The first-order valence-corrected chi connectivity index (χ1v) is 8.82. The second-order valence-electron chi connectivity index (χ2n) is 5.42. The van der Waals surface area contributed by atoms with Crippen molar-refractivity contribution in [1.29, 1.82) is 0 Å². The highest BCUT2D eigenvalue weighted by Gasteiger charge is 2.34. The third-order valence-corrected chi connectivity index (χ3v) is 5.36. The van der Waals surface area contributed by atoms with Crippen molar-refractivity contribution in [1.82, 2.24) is 9.80 Å². The summed E-state index contributed by atoms with van der Waals surface area (Å²) in [5.41, 5.74) is 0. The van der Waals surface area contributed by atoms with Gasteiger partial charge < -0.3 is 14.9 Å². The Bertz CT molecular complexity index is 423. The van der Waals surface area contributed by atoms with Crippen LogP contribution >= 0.6 is 23.1 Å². The van der Waals surface area contributed by atoms with E-state index in [0.29, 0.717) is 18.7 Å². The predicted molar refractivity (Wildman–Crippen MR) is 85.2 cm³/mol. The Morgan fingerprint density at radius 2 is 2.40 bits per heavy atom. The molecule has 1 amide bonds. The molecule has 4 nitrogen and oxygen atoms in total. The number of thiophene rings is 1. The summed E-state index contributed by atoms with van der Waals surface area (Å²) in [4.78, 5) is 17.5. The van der Waals surface area contributed by atoms with Gasteiger partial charge in [0.05, 0.1) is 11.9 Å².